The average molecular weight is 216 g/mol. The number of aromatic nitrogens is 1. The van der Waals surface area contributed by atoms with E-state index in [1.165, 1.54) is 16.6 Å². The molecular weight excluding hydrogens is 196 g/mol. The van der Waals surface area contributed by atoms with Gasteiger partial charge in [-0.15, -0.1) is 0 Å². The fraction of sp³-hybridized carbons (Fsp3) is 0.429. The van der Waals surface area contributed by atoms with Gasteiger partial charge in [0.05, 0.1) is 0 Å². The van der Waals surface area contributed by atoms with E-state index in [-0.39, 0.29) is 5.54 Å². The molecule has 0 aliphatic heterocycles. The van der Waals surface area contributed by atoms with Gasteiger partial charge in [0.15, 0.2) is 0 Å². The number of rotatable bonds is 2. The van der Waals surface area contributed by atoms with Crippen LogP contribution in [0.1, 0.15) is 26.5 Å². The second kappa shape index (κ2) is 3.95. The number of hydrogen-bond donors (Lipinski definition) is 1. The Morgan fingerprint density at radius 3 is 2.50 bits per heavy atom. The van der Waals surface area contributed by atoms with Crippen molar-refractivity contribution in [3.05, 3.63) is 36.0 Å². The van der Waals surface area contributed by atoms with E-state index in [9.17, 15) is 0 Å². The number of para-hydroxylation sites is 1. The van der Waals surface area contributed by atoms with Crippen molar-refractivity contribution < 1.29 is 0 Å². The topological polar surface area (TPSA) is 17.0 Å². The van der Waals surface area contributed by atoms with Gasteiger partial charge in [-0.3, -0.25) is 0 Å². The van der Waals surface area contributed by atoms with E-state index in [2.05, 4.69) is 61.0 Å². The van der Waals surface area contributed by atoms with E-state index in [1.807, 2.05) is 7.05 Å². The predicted octanol–water partition coefficient (Wildman–Crippen LogP) is 3.12. The Bertz CT molecular complexity index is 489. The zero-order valence-electron chi connectivity index (χ0n) is 10.5. The Kier molecular flexibility index (Phi) is 2.76. The van der Waals surface area contributed by atoms with Crippen LogP contribution in [0.15, 0.2) is 30.3 Å². The molecule has 1 aromatic heterocycles. The van der Waals surface area contributed by atoms with Gasteiger partial charge < -0.3 is 9.88 Å². The van der Waals surface area contributed by atoms with Crippen molar-refractivity contribution >= 4 is 10.9 Å². The average Bonchev–Trinajstić information content (AvgIpc) is 2.55. The zero-order chi connectivity index (χ0) is 11.8. The summed E-state index contributed by atoms with van der Waals surface area (Å²) in [6, 6.07) is 10.8. The number of hydrogen-bond acceptors (Lipinski definition) is 1. The van der Waals surface area contributed by atoms with Gasteiger partial charge in [0.25, 0.3) is 0 Å². The van der Waals surface area contributed by atoms with Crippen LogP contribution in [0.4, 0.5) is 0 Å². The maximum atomic E-state index is 3.24. The summed E-state index contributed by atoms with van der Waals surface area (Å²) >= 11 is 0. The number of benzene rings is 1. The van der Waals surface area contributed by atoms with E-state index in [0.29, 0.717) is 0 Å². The lowest BCUT2D eigenvalue weighted by Crippen LogP contribution is -2.25. The highest BCUT2D eigenvalue weighted by Crippen LogP contribution is 2.27. The van der Waals surface area contributed by atoms with Crippen LogP contribution in [0.3, 0.4) is 0 Å². The SMILES string of the molecule is CNCc1cc2ccccc2n1C(C)(C)C. The molecule has 2 heteroatoms. The van der Waals surface area contributed by atoms with Gasteiger partial charge in [-0.1, -0.05) is 18.2 Å². The molecule has 16 heavy (non-hydrogen) atoms. The highest BCUT2D eigenvalue weighted by molar-refractivity contribution is 5.81. The smallest absolute Gasteiger partial charge is 0.0487 e. The molecule has 2 rings (SSSR count). The normalized spacial score (nSPS) is 12.2. The summed E-state index contributed by atoms with van der Waals surface area (Å²) in [5.74, 6) is 0. The second-order valence-corrected chi connectivity index (χ2v) is 5.23. The highest BCUT2D eigenvalue weighted by atomic mass is 15.1. The summed E-state index contributed by atoms with van der Waals surface area (Å²) in [6.45, 7) is 7.65. The fourth-order valence-corrected chi connectivity index (χ4v) is 2.32. The number of fused-ring (bicyclic) bond motifs is 1. The van der Waals surface area contributed by atoms with Crippen molar-refractivity contribution in [2.45, 2.75) is 32.9 Å². The van der Waals surface area contributed by atoms with Crippen molar-refractivity contribution in [1.29, 1.82) is 0 Å². The molecule has 2 aromatic rings. The molecule has 0 aliphatic carbocycles. The monoisotopic (exact) mass is 216 g/mol. The van der Waals surface area contributed by atoms with Gasteiger partial charge in [0.2, 0.25) is 0 Å². The standard InChI is InChI=1S/C14H20N2/c1-14(2,3)16-12(10-15-4)9-11-7-5-6-8-13(11)16/h5-9,15H,10H2,1-4H3. The van der Waals surface area contributed by atoms with Crippen LogP contribution in [-0.4, -0.2) is 11.6 Å². The van der Waals surface area contributed by atoms with E-state index in [1.54, 1.807) is 0 Å². The second-order valence-electron chi connectivity index (χ2n) is 5.23. The molecule has 0 spiro atoms. The number of nitrogens with one attached hydrogen (secondary N) is 1. The molecule has 0 unspecified atom stereocenters. The fourth-order valence-electron chi connectivity index (χ4n) is 2.32. The molecule has 0 aliphatic rings. The van der Waals surface area contributed by atoms with Gasteiger partial charge in [-0.25, -0.2) is 0 Å². The molecule has 0 saturated heterocycles. The molecule has 1 heterocycles. The third kappa shape index (κ3) is 1.85. The van der Waals surface area contributed by atoms with Gasteiger partial charge in [-0.05, 0) is 45.3 Å². The van der Waals surface area contributed by atoms with Crippen molar-refractivity contribution in [3.8, 4) is 0 Å². The first-order valence-corrected chi connectivity index (χ1v) is 5.78. The van der Waals surface area contributed by atoms with Crippen LogP contribution in [0.25, 0.3) is 10.9 Å². The third-order valence-corrected chi connectivity index (χ3v) is 2.82. The Labute approximate surface area is 97.3 Å². The summed E-state index contributed by atoms with van der Waals surface area (Å²) in [7, 11) is 1.99. The van der Waals surface area contributed by atoms with E-state index < -0.39 is 0 Å². The molecule has 86 valence electrons. The van der Waals surface area contributed by atoms with Gasteiger partial charge >= 0.3 is 0 Å². The first-order valence-electron chi connectivity index (χ1n) is 5.78. The number of nitrogens with zero attached hydrogens (tertiary/aromatic N) is 1. The largest absolute Gasteiger partial charge is 0.338 e. The molecule has 0 bridgehead atoms. The Morgan fingerprint density at radius 2 is 1.88 bits per heavy atom. The maximum Gasteiger partial charge on any atom is 0.0487 e. The first kappa shape index (κ1) is 11.2. The molecular formula is C14H20N2. The molecule has 1 N–H and O–H groups in total. The Hall–Kier alpha value is -1.28. The lowest BCUT2D eigenvalue weighted by atomic mass is 10.1. The summed E-state index contributed by atoms with van der Waals surface area (Å²) in [6.07, 6.45) is 0. The van der Waals surface area contributed by atoms with Gasteiger partial charge in [0, 0.05) is 23.3 Å². The molecule has 0 fully saturated rings. The first-order chi connectivity index (χ1) is 7.54. The lowest BCUT2D eigenvalue weighted by Gasteiger charge is -2.26. The van der Waals surface area contributed by atoms with Crippen LogP contribution in [0.2, 0.25) is 0 Å². The van der Waals surface area contributed by atoms with Gasteiger partial charge in [-0.2, -0.15) is 0 Å². The van der Waals surface area contributed by atoms with Crippen LogP contribution >= 0.6 is 0 Å². The highest BCUT2D eigenvalue weighted by Gasteiger charge is 2.19. The minimum Gasteiger partial charge on any atom is -0.338 e. The molecule has 0 radical (unpaired) electrons. The summed E-state index contributed by atoms with van der Waals surface area (Å²) in [5.41, 5.74) is 2.78. The lowest BCUT2D eigenvalue weighted by molar-refractivity contribution is 0.395. The van der Waals surface area contributed by atoms with E-state index >= 15 is 0 Å². The molecule has 1 aromatic carbocycles. The molecule has 0 atom stereocenters. The van der Waals surface area contributed by atoms with Gasteiger partial charge in [0.1, 0.15) is 0 Å². The van der Waals surface area contributed by atoms with Crippen LogP contribution in [0, 0.1) is 0 Å². The molecule has 0 amide bonds. The van der Waals surface area contributed by atoms with Crippen molar-refractivity contribution in [3.63, 3.8) is 0 Å². The van der Waals surface area contributed by atoms with Crippen molar-refractivity contribution in [2.24, 2.45) is 0 Å². The Balaban J connectivity index is 2.69. The molecule has 0 saturated carbocycles. The summed E-state index contributed by atoms with van der Waals surface area (Å²) in [5, 5.41) is 4.56. The zero-order valence-corrected chi connectivity index (χ0v) is 10.5. The quantitative estimate of drug-likeness (QED) is 0.816. The van der Waals surface area contributed by atoms with Crippen LogP contribution < -0.4 is 5.32 Å². The summed E-state index contributed by atoms with van der Waals surface area (Å²) < 4.78 is 2.42. The van der Waals surface area contributed by atoms with Crippen LogP contribution in [0.5, 0.6) is 0 Å². The van der Waals surface area contributed by atoms with Crippen LogP contribution in [-0.2, 0) is 12.1 Å². The predicted molar refractivity (Wildman–Crippen MR) is 69.7 cm³/mol. The maximum absolute atomic E-state index is 3.24. The van der Waals surface area contributed by atoms with Crippen molar-refractivity contribution in [2.75, 3.05) is 7.05 Å². The minimum absolute atomic E-state index is 0.120. The van der Waals surface area contributed by atoms with E-state index in [4.69, 9.17) is 0 Å². The summed E-state index contributed by atoms with van der Waals surface area (Å²) in [4.78, 5) is 0. The minimum atomic E-state index is 0.120. The Morgan fingerprint density at radius 1 is 1.19 bits per heavy atom. The molecule has 2 nitrogen and oxygen atoms in total. The van der Waals surface area contributed by atoms with E-state index in [0.717, 1.165) is 6.54 Å². The third-order valence-electron chi connectivity index (χ3n) is 2.82. The van der Waals surface area contributed by atoms with Crippen molar-refractivity contribution in [1.82, 2.24) is 9.88 Å².